The predicted octanol–water partition coefficient (Wildman–Crippen LogP) is -0.830. The van der Waals surface area contributed by atoms with Gasteiger partial charge in [0.15, 0.2) is 0 Å². The zero-order valence-corrected chi connectivity index (χ0v) is 11.6. The molecule has 3 N–H and O–H groups in total. The molecule has 6 amide bonds. The Balaban J connectivity index is 1.65. The fourth-order valence-electron chi connectivity index (χ4n) is 1.46. The van der Waals surface area contributed by atoms with Crippen molar-refractivity contribution in [3.8, 4) is 0 Å². The van der Waals surface area contributed by atoms with Crippen LogP contribution in [0.5, 0.6) is 0 Å². The number of hydrogen-bond donors (Lipinski definition) is 3. The average molecular weight is 302 g/mol. The summed E-state index contributed by atoms with van der Waals surface area (Å²) in [6, 6.07) is -1.69. The van der Waals surface area contributed by atoms with Crippen LogP contribution in [-0.2, 0) is 4.57 Å². The average Bonchev–Trinajstić information content (AvgIpc) is 3.29. The summed E-state index contributed by atoms with van der Waals surface area (Å²) >= 11 is 0. The molecule has 0 aromatic rings. The van der Waals surface area contributed by atoms with E-state index in [4.69, 9.17) is 0 Å². The molecule has 11 heteroatoms. The molecule has 0 radical (unpaired) electrons. The molecule has 0 aliphatic carbocycles. The molecular weight excluding hydrogens is 287 g/mol. The monoisotopic (exact) mass is 302 g/mol. The molecule has 0 aromatic heterocycles. The number of rotatable bonds is 3. The van der Waals surface area contributed by atoms with Crippen molar-refractivity contribution in [1.29, 1.82) is 0 Å². The molecule has 0 saturated carbocycles. The van der Waals surface area contributed by atoms with Gasteiger partial charge in [0.25, 0.3) is 0 Å². The van der Waals surface area contributed by atoms with Crippen molar-refractivity contribution >= 4 is 25.7 Å². The Kier molecular flexibility index (Phi) is 2.97. The second kappa shape index (κ2) is 4.55. The lowest BCUT2D eigenvalue weighted by molar-refractivity contribution is 0.231. The minimum absolute atomic E-state index is 0.564. The van der Waals surface area contributed by atoms with E-state index in [1.54, 1.807) is 0 Å². The Morgan fingerprint density at radius 3 is 1.10 bits per heavy atom. The van der Waals surface area contributed by atoms with Crippen molar-refractivity contribution in [3.05, 3.63) is 0 Å². The van der Waals surface area contributed by atoms with Gasteiger partial charge in [-0.25, -0.2) is 18.9 Å². The van der Waals surface area contributed by atoms with Crippen molar-refractivity contribution in [1.82, 2.24) is 30.0 Å². The van der Waals surface area contributed by atoms with Gasteiger partial charge < -0.3 is 14.7 Å². The molecule has 0 bridgehead atoms. The van der Waals surface area contributed by atoms with Crippen LogP contribution in [-0.4, -0.2) is 72.1 Å². The Morgan fingerprint density at radius 1 is 0.650 bits per heavy atom. The number of urea groups is 3. The van der Waals surface area contributed by atoms with Crippen molar-refractivity contribution in [3.63, 3.8) is 0 Å². The highest BCUT2D eigenvalue weighted by atomic mass is 31.2. The zero-order chi connectivity index (χ0) is 14.3. The van der Waals surface area contributed by atoms with Crippen LogP contribution in [0, 0.1) is 0 Å². The van der Waals surface area contributed by atoms with Gasteiger partial charge in [0, 0.05) is 39.3 Å². The summed E-state index contributed by atoms with van der Waals surface area (Å²) in [7, 11) is -3.85. The molecule has 110 valence electrons. The lowest BCUT2D eigenvalue weighted by Crippen LogP contribution is -2.44. The van der Waals surface area contributed by atoms with Crippen molar-refractivity contribution in [2.45, 2.75) is 0 Å². The van der Waals surface area contributed by atoms with E-state index in [9.17, 15) is 18.9 Å². The van der Waals surface area contributed by atoms with Crippen molar-refractivity contribution in [2.75, 3.05) is 39.3 Å². The number of nitrogens with zero attached hydrogens (tertiary/aromatic N) is 3. The van der Waals surface area contributed by atoms with E-state index >= 15 is 0 Å². The molecule has 3 fully saturated rings. The molecule has 20 heavy (non-hydrogen) atoms. The molecule has 3 saturated heterocycles. The first kappa shape index (κ1) is 13.0. The minimum atomic E-state index is -3.85. The number of nitrogens with one attached hydrogen (secondary N) is 3. The van der Waals surface area contributed by atoms with Crippen LogP contribution in [0.2, 0.25) is 0 Å². The van der Waals surface area contributed by atoms with Crippen molar-refractivity contribution in [2.24, 2.45) is 0 Å². The molecule has 3 heterocycles. The highest BCUT2D eigenvalue weighted by molar-refractivity contribution is 7.59. The van der Waals surface area contributed by atoms with Crippen LogP contribution in [0.25, 0.3) is 0 Å². The maximum atomic E-state index is 12.6. The standard InChI is InChI=1S/C9H15N6O4P/c16-7(13-1-2-13)10-20(19,11-8(17)14-3-4-14)12-9(18)15-5-6-15/h1-6H2,(H3,10,11,12,16,17,18,19). The first-order valence-corrected chi connectivity index (χ1v) is 7.99. The second-order valence-corrected chi connectivity index (χ2v) is 6.71. The van der Waals surface area contributed by atoms with Gasteiger partial charge in [-0.2, -0.15) is 0 Å². The Bertz CT molecular complexity index is 441. The predicted molar refractivity (Wildman–Crippen MR) is 67.9 cm³/mol. The maximum Gasteiger partial charge on any atom is 0.363 e. The number of hydrogen-bond acceptors (Lipinski definition) is 4. The summed E-state index contributed by atoms with van der Waals surface area (Å²) in [5.74, 6) is 0. The summed E-state index contributed by atoms with van der Waals surface area (Å²) in [5, 5.41) is 6.62. The first-order chi connectivity index (χ1) is 9.47. The van der Waals surface area contributed by atoms with Crippen LogP contribution < -0.4 is 15.3 Å². The van der Waals surface area contributed by atoms with E-state index in [-0.39, 0.29) is 0 Å². The summed E-state index contributed by atoms with van der Waals surface area (Å²) < 4.78 is 12.6. The van der Waals surface area contributed by atoms with E-state index in [2.05, 4.69) is 15.3 Å². The van der Waals surface area contributed by atoms with E-state index in [1.807, 2.05) is 0 Å². The number of carbonyl (C=O) groups is 3. The highest BCUT2D eigenvalue weighted by Gasteiger charge is 2.39. The molecular formula is C9H15N6O4P. The molecule has 3 aliphatic rings. The van der Waals surface area contributed by atoms with E-state index in [0.29, 0.717) is 39.3 Å². The lowest BCUT2D eigenvalue weighted by atomic mass is 11.0. The van der Waals surface area contributed by atoms with E-state index in [0.717, 1.165) is 0 Å². The van der Waals surface area contributed by atoms with Crippen LogP contribution >= 0.6 is 7.59 Å². The van der Waals surface area contributed by atoms with Gasteiger partial charge in [0.2, 0.25) is 0 Å². The van der Waals surface area contributed by atoms with E-state index in [1.165, 1.54) is 14.7 Å². The number of amides is 6. The molecule has 10 nitrogen and oxygen atoms in total. The van der Waals surface area contributed by atoms with Gasteiger partial charge in [-0.3, -0.25) is 15.3 Å². The summed E-state index contributed by atoms with van der Waals surface area (Å²) in [5.41, 5.74) is 0. The van der Waals surface area contributed by atoms with Crippen LogP contribution in [0.15, 0.2) is 0 Å². The van der Waals surface area contributed by atoms with E-state index < -0.39 is 25.7 Å². The van der Waals surface area contributed by atoms with Crippen LogP contribution in [0.1, 0.15) is 0 Å². The lowest BCUT2D eigenvalue weighted by Gasteiger charge is -2.21. The third-order valence-corrected chi connectivity index (χ3v) is 4.48. The smallest absolute Gasteiger partial charge is 0.321 e. The molecule has 0 spiro atoms. The normalized spacial score (nSPS) is 19.3. The quantitative estimate of drug-likeness (QED) is 0.466. The topological polar surface area (TPSA) is 113 Å². The van der Waals surface area contributed by atoms with Gasteiger partial charge in [-0.15, -0.1) is 0 Å². The maximum absolute atomic E-state index is 12.6. The SMILES string of the molecule is O=C(NP(=O)(NC(=O)N1CC1)NC(=O)N1CC1)N1CC1. The molecule has 0 atom stereocenters. The highest BCUT2D eigenvalue weighted by Crippen LogP contribution is 2.33. The molecule has 0 unspecified atom stereocenters. The summed E-state index contributed by atoms with van der Waals surface area (Å²) in [6.07, 6.45) is 0. The largest absolute Gasteiger partial charge is 0.363 e. The summed E-state index contributed by atoms with van der Waals surface area (Å²) in [6.45, 7) is 3.45. The van der Waals surface area contributed by atoms with Gasteiger partial charge in [0.05, 0.1) is 0 Å². The Hall–Kier alpha value is -1.96. The first-order valence-electron chi connectivity index (χ1n) is 6.28. The molecule has 3 rings (SSSR count). The van der Waals surface area contributed by atoms with Gasteiger partial charge in [-0.05, 0) is 0 Å². The summed E-state index contributed by atoms with van der Waals surface area (Å²) in [4.78, 5) is 39.2. The molecule has 3 aliphatic heterocycles. The number of carbonyl (C=O) groups excluding carboxylic acids is 3. The van der Waals surface area contributed by atoms with Crippen LogP contribution in [0.3, 0.4) is 0 Å². The molecule has 0 aromatic carbocycles. The van der Waals surface area contributed by atoms with Gasteiger partial charge in [-0.1, -0.05) is 0 Å². The Morgan fingerprint density at radius 2 is 0.900 bits per heavy atom. The van der Waals surface area contributed by atoms with Gasteiger partial charge in [0.1, 0.15) is 0 Å². The zero-order valence-electron chi connectivity index (χ0n) is 10.7. The third-order valence-electron chi connectivity index (χ3n) is 2.96. The van der Waals surface area contributed by atoms with Gasteiger partial charge >= 0.3 is 25.7 Å². The Labute approximate surface area is 115 Å². The third kappa shape index (κ3) is 3.13. The fraction of sp³-hybridized carbons (Fsp3) is 0.667. The minimum Gasteiger partial charge on any atom is -0.321 e. The second-order valence-electron chi connectivity index (χ2n) is 4.82. The van der Waals surface area contributed by atoms with Crippen LogP contribution in [0.4, 0.5) is 14.4 Å². The van der Waals surface area contributed by atoms with Crippen molar-refractivity contribution < 1.29 is 18.9 Å². The fourth-order valence-corrected chi connectivity index (χ4v) is 2.86.